The molecule has 0 nitrogen and oxygen atoms in total. The maximum Gasteiger partial charge on any atom is 0 e. The van der Waals surface area contributed by atoms with E-state index in [0.29, 0.717) is 11.8 Å². The molecule has 0 fully saturated rings. The smallest absolute Gasteiger partial charge is 0 e. The zero-order valence-corrected chi connectivity index (χ0v) is 12.9. The van der Waals surface area contributed by atoms with Gasteiger partial charge in [-0.25, -0.2) is 12.1 Å². The molecular weight excluding hydrogens is 293 g/mol. The largest absolute Gasteiger partial charge is 0.748 e. The molecule has 0 saturated heterocycles. The molecule has 2 rings (SSSR count). The van der Waals surface area contributed by atoms with Crippen LogP contribution in [0.3, 0.4) is 0 Å². The van der Waals surface area contributed by atoms with E-state index in [-0.39, 0.29) is 19.5 Å². The summed E-state index contributed by atoms with van der Waals surface area (Å²) in [6, 6.07) is 16.6. The Morgan fingerprint density at radius 1 is 0.941 bits per heavy atom. The van der Waals surface area contributed by atoms with Crippen molar-refractivity contribution in [1.29, 1.82) is 0 Å². The van der Waals surface area contributed by atoms with Gasteiger partial charge in [0.25, 0.3) is 0 Å². The Bertz CT molecular complexity index is 326. The molecular formula is C16H22Ru-6. The molecule has 0 aliphatic carbocycles. The van der Waals surface area contributed by atoms with Gasteiger partial charge in [-0.1, -0.05) is 33.6 Å². The molecule has 0 N–H and O–H groups in total. The zero-order valence-electron chi connectivity index (χ0n) is 11.1. The van der Waals surface area contributed by atoms with Crippen LogP contribution in [0.2, 0.25) is 0 Å². The Kier molecular flexibility index (Phi) is 8.08. The minimum atomic E-state index is 0. The van der Waals surface area contributed by atoms with E-state index in [0.717, 1.165) is 0 Å². The predicted molar refractivity (Wildman–Crippen MR) is 72.2 cm³/mol. The molecule has 0 aliphatic rings. The number of hydrogen-bond donors (Lipinski definition) is 0. The van der Waals surface area contributed by atoms with Crippen LogP contribution in [0.25, 0.3) is 0 Å². The molecule has 1 heteroatoms. The van der Waals surface area contributed by atoms with Crippen LogP contribution in [0, 0.1) is 0 Å². The first-order chi connectivity index (χ1) is 7.63. The molecule has 0 unspecified atom stereocenters. The van der Waals surface area contributed by atoms with Crippen molar-refractivity contribution >= 4 is 0 Å². The molecule has 0 radical (unpaired) electrons. The van der Waals surface area contributed by atoms with Gasteiger partial charge in [-0.15, -0.1) is 0 Å². The van der Waals surface area contributed by atoms with Gasteiger partial charge in [0.05, 0.1) is 0 Å². The summed E-state index contributed by atoms with van der Waals surface area (Å²) in [6.07, 6.45) is 0. The molecule has 0 aromatic heterocycles. The quantitative estimate of drug-likeness (QED) is 0.537. The van der Waals surface area contributed by atoms with Crippen molar-refractivity contribution in [2.45, 2.75) is 39.5 Å². The van der Waals surface area contributed by atoms with Crippen LogP contribution < -0.4 is 0 Å². The van der Waals surface area contributed by atoms with E-state index in [1.165, 1.54) is 11.1 Å². The standard InChI is InChI=1S/C11H17.C5H5.Ru/c1-8(2)10-6-5-7-11(10)9(3)4;1-2-4-5-3-1;/h5-9H,1-4H3;1-5H;/q-1;-5;. The summed E-state index contributed by atoms with van der Waals surface area (Å²) in [6.45, 7) is 9.00. The summed E-state index contributed by atoms with van der Waals surface area (Å²) in [5.74, 6) is 1.34. The molecule has 100 valence electrons. The van der Waals surface area contributed by atoms with Gasteiger partial charge in [-0.05, 0) is 5.92 Å². The van der Waals surface area contributed by atoms with E-state index in [1.54, 1.807) is 0 Å². The Morgan fingerprint density at radius 2 is 1.41 bits per heavy atom. The van der Waals surface area contributed by atoms with Crippen LogP contribution in [0.4, 0.5) is 0 Å². The van der Waals surface area contributed by atoms with Gasteiger partial charge in [0, 0.05) is 19.5 Å². The van der Waals surface area contributed by atoms with Crippen LogP contribution in [0.5, 0.6) is 0 Å². The normalized spacial score (nSPS) is 9.76. The van der Waals surface area contributed by atoms with E-state index >= 15 is 0 Å². The second-order valence-corrected chi connectivity index (χ2v) is 4.71. The van der Waals surface area contributed by atoms with Crippen molar-refractivity contribution in [2.24, 2.45) is 0 Å². The molecule has 0 atom stereocenters. The number of hydrogen-bond acceptors (Lipinski definition) is 0. The third kappa shape index (κ3) is 5.46. The van der Waals surface area contributed by atoms with E-state index < -0.39 is 0 Å². The molecule has 0 saturated carbocycles. The first-order valence-corrected chi connectivity index (χ1v) is 6.05. The molecule has 0 spiro atoms. The molecule has 0 aliphatic heterocycles. The molecule has 0 heterocycles. The molecule has 0 bridgehead atoms. The second kappa shape index (κ2) is 8.42. The van der Waals surface area contributed by atoms with Crippen molar-refractivity contribution in [3.8, 4) is 0 Å². The van der Waals surface area contributed by atoms with Gasteiger partial charge in [0.15, 0.2) is 0 Å². The van der Waals surface area contributed by atoms with Crippen LogP contribution in [0.1, 0.15) is 50.7 Å². The van der Waals surface area contributed by atoms with Crippen molar-refractivity contribution in [1.82, 2.24) is 0 Å². The van der Waals surface area contributed by atoms with E-state index in [4.69, 9.17) is 0 Å². The van der Waals surface area contributed by atoms with Gasteiger partial charge in [-0.3, -0.25) is 0 Å². The van der Waals surface area contributed by atoms with Gasteiger partial charge in [0.2, 0.25) is 0 Å². The van der Waals surface area contributed by atoms with Gasteiger partial charge in [-0.2, -0.15) is 17.2 Å². The third-order valence-corrected chi connectivity index (χ3v) is 2.68. The summed E-state index contributed by atoms with van der Waals surface area (Å²) in [5.41, 5.74) is 3.03. The summed E-state index contributed by atoms with van der Waals surface area (Å²) >= 11 is 0. The van der Waals surface area contributed by atoms with Crippen LogP contribution in [-0.2, 0) is 19.5 Å². The molecule has 2 aromatic rings. The Morgan fingerprint density at radius 3 is 1.71 bits per heavy atom. The van der Waals surface area contributed by atoms with Crippen LogP contribution in [-0.4, -0.2) is 0 Å². The minimum Gasteiger partial charge on any atom is -0.748 e. The first kappa shape index (κ1) is 16.3. The van der Waals surface area contributed by atoms with Crippen molar-refractivity contribution in [3.05, 3.63) is 59.7 Å². The summed E-state index contributed by atoms with van der Waals surface area (Å²) in [7, 11) is 0. The third-order valence-electron chi connectivity index (χ3n) is 2.68. The van der Waals surface area contributed by atoms with Crippen molar-refractivity contribution in [3.63, 3.8) is 0 Å². The minimum absolute atomic E-state index is 0. The second-order valence-electron chi connectivity index (χ2n) is 4.71. The molecule has 17 heavy (non-hydrogen) atoms. The topological polar surface area (TPSA) is 0 Å². The Hall–Kier alpha value is -0.677. The van der Waals surface area contributed by atoms with E-state index in [1.807, 2.05) is 30.3 Å². The fourth-order valence-electron chi connectivity index (χ4n) is 1.82. The summed E-state index contributed by atoms with van der Waals surface area (Å²) in [5, 5.41) is 0. The zero-order chi connectivity index (χ0) is 12.0. The monoisotopic (exact) mass is 316 g/mol. The number of rotatable bonds is 2. The fraction of sp³-hybridized carbons (Fsp3) is 0.375. The Balaban J connectivity index is 0.000000360. The fourth-order valence-corrected chi connectivity index (χ4v) is 1.82. The van der Waals surface area contributed by atoms with Gasteiger partial charge in [0.1, 0.15) is 0 Å². The van der Waals surface area contributed by atoms with Crippen molar-refractivity contribution < 1.29 is 19.5 Å². The van der Waals surface area contributed by atoms with Crippen LogP contribution >= 0.6 is 0 Å². The summed E-state index contributed by atoms with van der Waals surface area (Å²) < 4.78 is 0. The van der Waals surface area contributed by atoms with E-state index in [9.17, 15) is 0 Å². The molecule has 2 aromatic carbocycles. The molecule has 0 amide bonds. The summed E-state index contributed by atoms with van der Waals surface area (Å²) in [4.78, 5) is 0. The SMILES string of the molecule is CC(C)c1ccc[c-]1C(C)C.[Ru].[cH-]1[cH-][cH-][cH-][cH-]1. The van der Waals surface area contributed by atoms with Gasteiger partial charge < -0.3 is 30.3 Å². The van der Waals surface area contributed by atoms with Crippen molar-refractivity contribution in [2.75, 3.05) is 0 Å². The predicted octanol–water partition coefficient (Wildman–Crippen LogP) is 5.06. The first-order valence-electron chi connectivity index (χ1n) is 6.05. The average molecular weight is 315 g/mol. The maximum atomic E-state index is 2.25. The average Bonchev–Trinajstić information content (AvgIpc) is 2.92. The van der Waals surface area contributed by atoms with Crippen LogP contribution in [0.15, 0.2) is 48.5 Å². The van der Waals surface area contributed by atoms with E-state index in [2.05, 4.69) is 45.9 Å². The van der Waals surface area contributed by atoms with Gasteiger partial charge >= 0.3 is 0 Å². The Labute approximate surface area is 119 Å². The maximum absolute atomic E-state index is 2.25.